The molecule has 1 amide bonds. The van der Waals surface area contributed by atoms with Gasteiger partial charge in [-0.3, -0.25) is 4.79 Å². The van der Waals surface area contributed by atoms with E-state index < -0.39 is 0 Å². The third kappa shape index (κ3) is 3.44. The van der Waals surface area contributed by atoms with Crippen LogP contribution in [0.3, 0.4) is 0 Å². The lowest BCUT2D eigenvalue weighted by Gasteiger charge is -2.28. The molecule has 1 aromatic heterocycles. The lowest BCUT2D eigenvalue weighted by atomic mass is 10.1. The zero-order valence-corrected chi connectivity index (χ0v) is 15.1. The Labute approximate surface area is 153 Å². The fourth-order valence-electron chi connectivity index (χ4n) is 3.76. The quantitative estimate of drug-likeness (QED) is 0.884. The van der Waals surface area contributed by atoms with Crippen molar-refractivity contribution in [2.75, 3.05) is 20.2 Å². The van der Waals surface area contributed by atoms with Gasteiger partial charge in [0.15, 0.2) is 5.82 Å². The van der Waals surface area contributed by atoms with Gasteiger partial charge in [-0.2, -0.15) is 0 Å². The number of fused-ring (bicyclic) bond motifs is 1. The molecule has 7 heteroatoms. The van der Waals surface area contributed by atoms with E-state index in [4.69, 9.17) is 4.74 Å². The van der Waals surface area contributed by atoms with E-state index in [-0.39, 0.29) is 5.91 Å². The first-order valence-corrected chi connectivity index (χ1v) is 9.30. The first kappa shape index (κ1) is 17.0. The van der Waals surface area contributed by atoms with Gasteiger partial charge in [-0.05, 0) is 43.5 Å². The maximum atomic E-state index is 12.6. The number of carbonyl (C=O) groups is 1. The van der Waals surface area contributed by atoms with Crippen LogP contribution in [-0.4, -0.2) is 45.8 Å². The maximum Gasteiger partial charge on any atom is 0.223 e. The van der Waals surface area contributed by atoms with Crippen LogP contribution in [0.1, 0.15) is 42.5 Å². The molecule has 26 heavy (non-hydrogen) atoms. The topological polar surface area (TPSA) is 72.3 Å². The van der Waals surface area contributed by atoms with Gasteiger partial charge in [-0.1, -0.05) is 12.1 Å². The molecule has 2 aliphatic rings. The van der Waals surface area contributed by atoms with Crippen molar-refractivity contribution in [1.29, 1.82) is 0 Å². The lowest BCUT2D eigenvalue weighted by Crippen LogP contribution is -2.39. The number of ether oxygens (including phenoxy) is 1. The summed E-state index contributed by atoms with van der Waals surface area (Å²) in [5, 5.41) is 12.2. The number of methoxy groups -OCH3 is 1. The van der Waals surface area contributed by atoms with E-state index in [2.05, 4.69) is 20.1 Å². The van der Waals surface area contributed by atoms with Crippen molar-refractivity contribution in [2.24, 2.45) is 0 Å². The standard InChI is InChI=1S/C19H25N5O2/c1-26-15-7-4-14(5-8-15)6-9-18(25)23-11-12-24-17(13-23)21-22-19(24)16-3-2-10-20-16/h4-5,7-8,16,20H,2-3,6,9-13H2,1H3. The second-order valence-electron chi connectivity index (χ2n) is 6.94. The Hall–Kier alpha value is -2.41. The molecule has 0 saturated carbocycles. The van der Waals surface area contributed by atoms with Gasteiger partial charge < -0.3 is 19.5 Å². The van der Waals surface area contributed by atoms with E-state index >= 15 is 0 Å². The highest BCUT2D eigenvalue weighted by Gasteiger charge is 2.28. The molecule has 138 valence electrons. The third-order valence-corrected chi connectivity index (χ3v) is 5.29. The molecule has 1 aromatic carbocycles. The van der Waals surface area contributed by atoms with Gasteiger partial charge >= 0.3 is 0 Å². The van der Waals surface area contributed by atoms with Crippen LogP contribution in [-0.2, 0) is 24.3 Å². The van der Waals surface area contributed by atoms with Crippen molar-refractivity contribution in [3.05, 3.63) is 41.5 Å². The van der Waals surface area contributed by atoms with E-state index in [0.717, 1.165) is 55.4 Å². The third-order valence-electron chi connectivity index (χ3n) is 5.29. The Morgan fingerprint density at radius 2 is 2.12 bits per heavy atom. The van der Waals surface area contributed by atoms with Crippen molar-refractivity contribution >= 4 is 5.91 Å². The molecule has 2 aliphatic heterocycles. The summed E-state index contributed by atoms with van der Waals surface area (Å²) < 4.78 is 7.36. The first-order valence-electron chi connectivity index (χ1n) is 9.30. The molecular weight excluding hydrogens is 330 g/mol. The summed E-state index contributed by atoms with van der Waals surface area (Å²) in [5.74, 6) is 2.94. The molecular formula is C19H25N5O2. The zero-order valence-electron chi connectivity index (χ0n) is 15.1. The number of hydrogen-bond acceptors (Lipinski definition) is 5. The number of carbonyl (C=O) groups excluding carboxylic acids is 1. The van der Waals surface area contributed by atoms with Crippen LogP contribution in [0.2, 0.25) is 0 Å². The van der Waals surface area contributed by atoms with Crippen molar-refractivity contribution < 1.29 is 9.53 Å². The lowest BCUT2D eigenvalue weighted by molar-refractivity contribution is -0.132. The second-order valence-corrected chi connectivity index (χ2v) is 6.94. The molecule has 4 rings (SSSR count). The van der Waals surface area contributed by atoms with E-state index in [0.29, 0.717) is 19.0 Å². The van der Waals surface area contributed by atoms with Crippen molar-refractivity contribution in [3.63, 3.8) is 0 Å². The van der Waals surface area contributed by atoms with Gasteiger partial charge in [0.2, 0.25) is 5.91 Å². The molecule has 7 nitrogen and oxygen atoms in total. The van der Waals surface area contributed by atoms with Crippen LogP contribution in [0, 0.1) is 0 Å². The van der Waals surface area contributed by atoms with Gasteiger partial charge in [0, 0.05) is 19.5 Å². The highest BCUT2D eigenvalue weighted by atomic mass is 16.5. The maximum absolute atomic E-state index is 12.6. The van der Waals surface area contributed by atoms with Gasteiger partial charge in [-0.25, -0.2) is 0 Å². The minimum absolute atomic E-state index is 0.176. The van der Waals surface area contributed by atoms with Gasteiger partial charge in [0.1, 0.15) is 11.6 Å². The zero-order chi connectivity index (χ0) is 17.9. The number of nitrogens with zero attached hydrogens (tertiary/aromatic N) is 4. The second kappa shape index (κ2) is 7.45. The average Bonchev–Trinajstić information content (AvgIpc) is 3.35. The Kier molecular flexibility index (Phi) is 4.88. The molecule has 0 radical (unpaired) electrons. The summed E-state index contributed by atoms with van der Waals surface area (Å²) in [6, 6.07) is 8.21. The van der Waals surface area contributed by atoms with Crippen molar-refractivity contribution in [3.8, 4) is 5.75 Å². The first-order chi connectivity index (χ1) is 12.7. The van der Waals surface area contributed by atoms with E-state index in [1.807, 2.05) is 29.2 Å². The molecule has 3 heterocycles. The van der Waals surface area contributed by atoms with Crippen LogP contribution in [0.5, 0.6) is 5.75 Å². The van der Waals surface area contributed by atoms with E-state index in [1.54, 1.807) is 7.11 Å². The summed E-state index contributed by atoms with van der Waals surface area (Å²) in [6.45, 7) is 3.11. The van der Waals surface area contributed by atoms with Crippen LogP contribution >= 0.6 is 0 Å². The highest BCUT2D eigenvalue weighted by Crippen LogP contribution is 2.24. The number of nitrogens with one attached hydrogen (secondary N) is 1. The van der Waals surface area contributed by atoms with E-state index in [1.165, 1.54) is 6.42 Å². The Morgan fingerprint density at radius 3 is 2.85 bits per heavy atom. The van der Waals surface area contributed by atoms with Crippen LogP contribution in [0.25, 0.3) is 0 Å². The summed E-state index contributed by atoms with van der Waals surface area (Å²) >= 11 is 0. The number of amides is 1. The molecule has 2 aromatic rings. The van der Waals surface area contributed by atoms with Gasteiger partial charge in [0.25, 0.3) is 0 Å². The molecule has 1 fully saturated rings. The fourth-order valence-corrected chi connectivity index (χ4v) is 3.76. The number of hydrogen-bond donors (Lipinski definition) is 1. The number of benzene rings is 1. The van der Waals surface area contributed by atoms with Crippen LogP contribution in [0.4, 0.5) is 0 Å². The van der Waals surface area contributed by atoms with Crippen molar-refractivity contribution in [1.82, 2.24) is 25.0 Å². The monoisotopic (exact) mass is 355 g/mol. The number of aryl methyl sites for hydroxylation is 1. The van der Waals surface area contributed by atoms with E-state index in [9.17, 15) is 4.79 Å². The van der Waals surface area contributed by atoms with Crippen LogP contribution in [0.15, 0.2) is 24.3 Å². The summed E-state index contributed by atoms with van der Waals surface area (Å²) in [4.78, 5) is 14.5. The molecule has 1 atom stereocenters. The van der Waals surface area contributed by atoms with Crippen LogP contribution < -0.4 is 10.1 Å². The largest absolute Gasteiger partial charge is 0.497 e. The SMILES string of the molecule is COc1ccc(CCC(=O)N2CCn3c(nnc3C3CCCN3)C2)cc1. The summed E-state index contributed by atoms with van der Waals surface area (Å²) in [7, 11) is 1.65. The Balaban J connectivity index is 1.35. The normalized spacial score (nSPS) is 19.4. The van der Waals surface area contributed by atoms with Gasteiger partial charge in [0.05, 0.1) is 19.7 Å². The predicted molar refractivity (Wildman–Crippen MR) is 96.7 cm³/mol. The molecule has 0 spiro atoms. The smallest absolute Gasteiger partial charge is 0.223 e. The minimum Gasteiger partial charge on any atom is -0.497 e. The molecule has 0 bridgehead atoms. The summed E-state index contributed by atoms with van der Waals surface area (Å²) in [5.41, 5.74) is 1.15. The number of aromatic nitrogens is 3. The van der Waals surface area contributed by atoms with Gasteiger partial charge in [-0.15, -0.1) is 10.2 Å². The molecule has 1 saturated heterocycles. The summed E-state index contributed by atoms with van der Waals surface area (Å²) in [6.07, 6.45) is 3.55. The molecule has 1 unspecified atom stereocenters. The molecule has 1 N–H and O–H groups in total. The Morgan fingerprint density at radius 1 is 1.27 bits per heavy atom. The highest BCUT2D eigenvalue weighted by molar-refractivity contribution is 5.76. The minimum atomic E-state index is 0.176. The Bertz CT molecular complexity index is 765. The number of rotatable bonds is 5. The molecule has 0 aliphatic carbocycles. The predicted octanol–water partition coefficient (Wildman–Crippen LogP) is 1.69. The average molecular weight is 355 g/mol. The fraction of sp³-hybridized carbons (Fsp3) is 0.526. The van der Waals surface area contributed by atoms with Crippen molar-refractivity contribution in [2.45, 2.75) is 44.8 Å².